The highest BCUT2D eigenvalue weighted by Crippen LogP contribution is 2.27. The van der Waals surface area contributed by atoms with Crippen LogP contribution in [-0.4, -0.2) is 21.5 Å². The normalized spacial score (nSPS) is 16.6. The van der Waals surface area contributed by atoms with Gasteiger partial charge in [-0.1, -0.05) is 50.2 Å². The molecule has 0 spiro atoms. The third kappa shape index (κ3) is 5.61. The van der Waals surface area contributed by atoms with E-state index in [1.54, 1.807) is 0 Å². The van der Waals surface area contributed by atoms with Crippen molar-refractivity contribution in [1.29, 1.82) is 0 Å². The number of nitrogens with zero attached hydrogens (tertiary/aromatic N) is 3. The third-order valence-corrected chi connectivity index (χ3v) is 4.46. The molecule has 114 valence electrons. The average Bonchev–Trinajstić information content (AvgIpc) is 2.94. The Morgan fingerprint density at radius 3 is 2.70 bits per heavy atom. The molecule has 0 amide bonds. The second-order valence-electron chi connectivity index (χ2n) is 6.22. The van der Waals surface area contributed by atoms with Gasteiger partial charge in [0.15, 0.2) is 0 Å². The van der Waals surface area contributed by atoms with E-state index in [1.165, 1.54) is 63.5 Å². The number of unbranched alkanes of at least 4 members (excludes halogenated alkanes) is 3. The van der Waals surface area contributed by atoms with Gasteiger partial charge in [-0.25, -0.2) is 0 Å². The Balaban J connectivity index is 1.61. The molecule has 2 N–H and O–H groups in total. The quantitative estimate of drug-likeness (QED) is 0.705. The molecule has 0 unspecified atom stereocenters. The number of nitrogens with two attached hydrogens (primary N) is 1. The molecule has 1 saturated carbocycles. The molecule has 4 heteroatoms. The second-order valence-corrected chi connectivity index (χ2v) is 6.22. The molecule has 1 aliphatic rings. The van der Waals surface area contributed by atoms with Gasteiger partial charge >= 0.3 is 0 Å². The van der Waals surface area contributed by atoms with Crippen LogP contribution in [0.15, 0.2) is 6.20 Å². The summed E-state index contributed by atoms with van der Waals surface area (Å²) in [5, 5.41) is 8.55. The standard InChI is InChI=1S/C16H30N4/c17-12-6-1-2-7-13-20-14-16(18-19-20)11-10-15-8-4-3-5-9-15/h14-15H,1-13,17H2. The summed E-state index contributed by atoms with van der Waals surface area (Å²) in [6.45, 7) is 1.82. The number of aryl methyl sites for hydroxylation is 2. The van der Waals surface area contributed by atoms with Gasteiger partial charge in [-0.15, -0.1) is 5.10 Å². The van der Waals surface area contributed by atoms with Gasteiger partial charge in [0.05, 0.1) is 5.69 Å². The van der Waals surface area contributed by atoms with Crippen LogP contribution in [0, 0.1) is 5.92 Å². The SMILES string of the molecule is NCCCCCCn1cc(CCC2CCCCC2)nn1. The van der Waals surface area contributed by atoms with Crippen molar-refractivity contribution in [3.05, 3.63) is 11.9 Å². The lowest BCUT2D eigenvalue weighted by molar-refractivity contribution is 0.338. The third-order valence-electron chi connectivity index (χ3n) is 4.46. The van der Waals surface area contributed by atoms with Gasteiger partial charge in [0.25, 0.3) is 0 Å². The minimum absolute atomic E-state index is 0.814. The first-order valence-electron chi connectivity index (χ1n) is 8.47. The summed E-state index contributed by atoms with van der Waals surface area (Å²) < 4.78 is 2.01. The molecule has 0 aromatic carbocycles. The molecule has 0 radical (unpaired) electrons. The molecule has 1 aromatic rings. The molecule has 2 rings (SSSR count). The highest BCUT2D eigenvalue weighted by Gasteiger charge is 2.13. The Bertz CT molecular complexity index is 355. The largest absolute Gasteiger partial charge is 0.330 e. The molecule has 20 heavy (non-hydrogen) atoms. The van der Waals surface area contributed by atoms with E-state index in [0.717, 1.165) is 31.8 Å². The molecule has 0 bridgehead atoms. The lowest BCUT2D eigenvalue weighted by atomic mass is 9.86. The van der Waals surface area contributed by atoms with Crippen LogP contribution >= 0.6 is 0 Å². The van der Waals surface area contributed by atoms with Crippen molar-refractivity contribution in [3.63, 3.8) is 0 Å². The first-order chi connectivity index (χ1) is 9.88. The van der Waals surface area contributed by atoms with E-state index < -0.39 is 0 Å². The van der Waals surface area contributed by atoms with Crippen molar-refractivity contribution in [1.82, 2.24) is 15.0 Å². The van der Waals surface area contributed by atoms with Crippen LogP contribution in [0.3, 0.4) is 0 Å². The number of hydrogen-bond acceptors (Lipinski definition) is 3. The van der Waals surface area contributed by atoms with Gasteiger partial charge in [0, 0.05) is 12.7 Å². The van der Waals surface area contributed by atoms with E-state index in [0.29, 0.717) is 0 Å². The fraction of sp³-hybridized carbons (Fsp3) is 0.875. The number of aromatic nitrogens is 3. The van der Waals surface area contributed by atoms with Gasteiger partial charge in [-0.05, 0) is 38.1 Å². The predicted molar refractivity (Wildman–Crippen MR) is 82.4 cm³/mol. The van der Waals surface area contributed by atoms with E-state index >= 15 is 0 Å². The first kappa shape index (κ1) is 15.5. The maximum Gasteiger partial charge on any atom is 0.0827 e. The Morgan fingerprint density at radius 1 is 1.10 bits per heavy atom. The van der Waals surface area contributed by atoms with Gasteiger partial charge in [-0.2, -0.15) is 0 Å². The fourth-order valence-corrected chi connectivity index (χ4v) is 3.16. The number of hydrogen-bond donors (Lipinski definition) is 1. The zero-order valence-corrected chi connectivity index (χ0v) is 12.8. The summed E-state index contributed by atoms with van der Waals surface area (Å²) in [6, 6.07) is 0. The molecule has 0 atom stereocenters. The molecular weight excluding hydrogens is 248 g/mol. The second kappa shape index (κ2) is 9.11. The maximum absolute atomic E-state index is 5.49. The molecular formula is C16H30N4. The van der Waals surface area contributed by atoms with Crippen molar-refractivity contribution in [2.75, 3.05) is 6.54 Å². The van der Waals surface area contributed by atoms with Crippen LogP contribution < -0.4 is 5.73 Å². The predicted octanol–water partition coefficient (Wildman–Crippen LogP) is 3.31. The smallest absolute Gasteiger partial charge is 0.0827 e. The fourth-order valence-electron chi connectivity index (χ4n) is 3.16. The summed E-state index contributed by atoms with van der Waals surface area (Å²) in [6.07, 6.45) is 16.5. The van der Waals surface area contributed by atoms with E-state index in [1.807, 2.05) is 4.68 Å². The van der Waals surface area contributed by atoms with Crippen LogP contribution in [0.4, 0.5) is 0 Å². The van der Waals surface area contributed by atoms with Crippen molar-refractivity contribution >= 4 is 0 Å². The molecule has 1 aromatic heterocycles. The topological polar surface area (TPSA) is 56.7 Å². The van der Waals surface area contributed by atoms with Gasteiger partial charge in [0.1, 0.15) is 0 Å². The molecule has 1 heterocycles. The van der Waals surface area contributed by atoms with Crippen molar-refractivity contribution < 1.29 is 0 Å². The molecule has 1 aliphatic carbocycles. The van der Waals surface area contributed by atoms with Crippen molar-refractivity contribution in [2.24, 2.45) is 11.7 Å². The molecule has 1 fully saturated rings. The van der Waals surface area contributed by atoms with E-state index in [-0.39, 0.29) is 0 Å². The maximum atomic E-state index is 5.49. The summed E-state index contributed by atoms with van der Waals surface area (Å²) in [4.78, 5) is 0. The zero-order chi connectivity index (χ0) is 14.0. The summed E-state index contributed by atoms with van der Waals surface area (Å²) in [7, 11) is 0. The lowest BCUT2D eigenvalue weighted by Crippen LogP contribution is -2.07. The first-order valence-corrected chi connectivity index (χ1v) is 8.47. The summed E-state index contributed by atoms with van der Waals surface area (Å²) in [5.74, 6) is 0.935. The van der Waals surface area contributed by atoms with Crippen LogP contribution in [0.2, 0.25) is 0 Å². The van der Waals surface area contributed by atoms with Crippen LogP contribution in [0.1, 0.15) is 69.9 Å². The summed E-state index contributed by atoms with van der Waals surface area (Å²) >= 11 is 0. The van der Waals surface area contributed by atoms with Gasteiger partial charge in [0.2, 0.25) is 0 Å². The Labute approximate surface area is 123 Å². The van der Waals surface area contributed by atoms with E-state index in [4.69, 9.17) is 5.73 Å². The Morgan fingerprint density at radius 2 is 1.90 bits per heavy atom. The van der Waals surface area contributed by atoms with Crippen LogP contribution in [0.25, 0.3) is 0 Å². The minimum Gasteiger partial charge on any atom is -0.330 e. The average molecular weight is 278 g/mol. The van der Waals surface area contributed by atoms with E-state index in [9.17, 15) is 0 Å². The Kier molecular flexibility index (Phi) is 7.06. The van der Waals surface area contributed by atoms with Gasteiger partial charge in [-0.3, -0.25) is 4.68 Å². The van der Waals surface area contributed by atoms with Crippen LogP contribution in [0.5, 0.6) is 0 Å². The zero-order valence-electron chi connectivity index (χ0n) is 12.8. The van der Waals surface area contributed by atoms with Crippen molar-refractivity contribution in [3.8, 4) is 0 Å². The van der Waals surface area contributed by atoms with Gasteiger partial charge < -0.3 is 5.73 Å². The molecule has 0 aliphatic heterocycles. The highest BCUT2D eigenvalue weighted by molar-refractivity contribution is 4.93. The monoisotopic (exact) mass is 278 g/mol. The van der Waals surface area contributed by atoms with Crippen molar-refractivity contribution in [2.45, 2.75) is 77.2 Å². The summed E-state index contributed by atoms with van der Waals surface area (Å²) in [5.41, 5.74) is 6.67. The lowest BCUT2D eigenvalue weighted by Gasteiger charge is -2.20. The number of rotatable bonds is 9. The van der Waals surface area contributed by atoms with Crippen LogP contribution in [-0.2, 0) is 13.0 Å². The minimum atomic E-state index is 0.814. The van der Waals surface area contributed by atoms with E-state index in [2.05, 4.69) is 16.5 Å². The Hall–Kier alpha value is -0.900. The highest BCUT2D eigenvalue weighted by atomic mass is 15.4. The molecule has 0 saturated heterocycles. The molecule has 4 nitrogen and oxygen atoms in total.